The van der Waals surface area contributed by atoms with Crippen LogP contribution in [-0.2, 0) is 14.3 Å². The van der Waals surface area contributed by atoms with Crippen molar-refractivity contribution in [2.45, 2.75) is 27.2 Å². The van der Waals surface area contributed by atoms with Crippen LogP contribution in [0.15, 0.2) is 45.3 Å². The van der Waals surface area contributed by atoms with E-state index in [1.807, 2.05) is 24.4 Å². The molecule has 0 fully saturated rings. The van der Waals surface area contributed by atoms with Crippen molar-refractivity contribution in [1.29, 1.82) is 0 Å². The molecule has 7 nitrogen and oxygen atoms in total. The Morgan fingerprint density at radius 3 is 2.07 bits per heavy atom. The Labute approximate surface area is 165 Å². The minimum absolute atomic E-state index is 0.141. The van der Waals surface area contributed by atoms with Crippen LogP contribution < -0.4 is 0 Å². The van der Waals surface area contributed by atoms with Crippen molar-refractivity contribution in [3.8, 4) is 0 Å². The van der Waals surface area contributed by atoms with Crippen LogP contribution in [0.5, 0.6) is 0 Å². The van der Waals surface area contributed by atoms with Gasteiger partial charge in [0.2, 0.25) is 5.78 Å². The van der Waals surface area contributed by atoms with Crippen molar-refractivity contribution in [2.75, 3.05) is 6.61 Å². The first-order chi connectivity index (χ1) is 13.0. The topological polar surface area (TPSA) is 109 Å². The first-order valence-corrected chi connectivity index (χ1v) is 9.97. The molecule has 0 radical (unpaired) electrons. The molecular formula is C18H22N2O5S2. The number of hydrogen-bond acceptors (Lipinski definition) is 9. The molecule has 2 aromatic rings. The molecule has 0 aliphatic rings. The SMILES string of the molecule is CC/C(=N\O)c1cccs1.CCOC(=O)C(=O)C(C)/C(=N/O)c1cccs1. The number of ether oxygens (including phenoxy) is 1. The molecule has 0 bridgehead atoms. The highest BCUT2D eigenvalue weighted by atomic mass is 32.1. The zero-order valence-electron chi connectivity index (χ0n) is 15.3. The van der Waals surface area contributed by atoms with Gasteiger partial charge in [-0.1, -0.05) is 29.4 Å². The first kappa shape index (κ1) is 22.5. The van der Waals surface area contributed by atoms with Gasteiger partial charge < -0.3 is 15.2 Å². The highest BCUT2D eigenvalue weighted by molar-refractivity contribution is 7.12. The summed E-state index contributed by atoms with van der Waals surface area (Å²) in [5, 5.41) is 27.4. The summed E-state index contributed by atoms with van der Waals surface area (Å²) < 4.78 is 4.62. The second-order valence-electron chi connectivity index (χ2n) is 5.15. The van der Waals surface area contributed by atoms with Crippen LogP contribution >= 0.6 is 22.7 Å². The van der Waals surface area contributed by atoms with Crippen LogP contribution in [0.2, 0.25) is 0 Å². The zero-order chi connectivity index (χ0) is 20.2. The molecule has 0 saturated heterocycles. The number of rotatable bonds is 7. The number of ketones is 1. The molecule has 0 saturated carbocycles. The largest absolute Gasteiger partial charge is 0.460 e. The molecule has 146 valence electrons. The van der Waals surface area contributed by atoms with Gasteiger partial charge in [0.05, 0.1) is 28.0 Å². The summed E-state index contributed by atoms with van der Waals surface area (Å²) in [5.41, 5.74) is 0.938. The summed E-state index contributed by atoms with van der Waals surface area (Å²) in [6.07, 6.45) is 0.775. The second kappa shape index (κ2) is 12.0. The molecule has 0 spiro atoms. The number of Topliss-reactive ketones (excluding diaryl/α,β-unsaturated/α-hetero) is 1. The van der Waals surface area contributed by atoms with Gasteiger partial charge in [-0.3, -0.25) is 4.79 Å². The average molecular weight is 411 g/mol. The molecule has 2 heterocycles. The van der Waals surface area contributed by atoms with Crippen LogP contribution in [0.1, 0.15) is 36.9 Å². The average Bonchev–Trinajstić information content (AvgIpc) is 3.38. The Hall–Kier alpha value is -2.52. The van der Waals surface area contributed by atoms with E-state index in [0.717, 1.165) is 17.0 Å². The van der Waals surface area contributed by atoms with E-state index in [1.54, 1.807) is 35.8 Å². The number of carbonyl (C=O) groups is 2. The molecule has 0 aromatic carbocycles. The van der Waals surface area contributed by atoms with E-state index >= 15 is 0 Å². The minimum Gasteiger partial charge on any atom is -0.460 e. The molecule has 9 heteroatoms. The fraction of sp³-hybridized carbons (Fsp3) is 0.333. The molecule has 0 amide bonds. The lowest BCUT2D eigenvalue weighted by Crippen LogP contribution is -2.29. The lowest BCUT2D eigenvalue weighted by atomic mass is 9.99. The zero-order valence-corrected chi connectivity index (χ0v) is 16.9. The Kier molecular flexibility index (Phi) is 9.99. The number of nitrogens with zero attached hydrogens (tertiary/aromatic N) is 2. The van der Waals surface area contributed by atoms with Crippen molar-refractivity contribution in [2.24, 2.45) is 16.2 Å². The number of carbonyl (C=O) groups excluding carboxylic acids is 2. The fourth-order valence-corrected chi connectivity index (χ4v) is 3.60. The Bertz CT molecular complexity index is 768. The smallest absolute Gasteiger partial charge is 0.375 e. The number of thiophene rings is 2. The number of oxime groups is 2. The van der Waals surface area contributed by atoms with Crippen LogP contribution in [0.25, 0.3) is 0 Å². The van der Waals surface area contributed by atoms with E-state index in [4.69, 9.17) is 10.4 Å². The van der Waals surface area contributed by atoms with Crippen LogP contribution in [0, 0.1) is 5.92 Å². The van der Waals surface area contributed by atoms with E-state index < -0.39 is 17.7 Å². The van der Waals surface area contributed by atoms with E-state index in [9.17, 15) is 9.59 Å². The van der Waals surface area contributed by atoms with Gasteiger partial charge in [0.1, 0.15) is 5.71 Å². The normalized spacial score (nSPS) is 12.7. The summed E-state index contributed by atoms with van der Waals surface area (Å²) in [4.78, 5) is 24.6. The van der Waals surface area contributed by atoms with Crippen molar-refractivity contribution in [3.05, 3.63) is 44.8 Å². The monoisotopic (exact) mass is 410 g/mol. The van der Waals surface area contributed by atoms with Gasteiger partial charge in [-0.15, -0.1) is 22.7 Å². The van der Waals surface area contributed by atoms with Gasteiger partial charge in [-0.05, 0) is 43.2 Å². The molecule has 2 aromatic heterocycles. The molecule has 2 N–H and O–H groups in total. The summed E-state index contributed by atoms with van der Waals surface area (Å²) in [5.74, 6) is -2.44. The predicted molar refractivity (Wildman–Crippen MR) is 106 cm³/mol. The molecule has 27 heavy (non-hydrogen) atoms. The van der Waals surface area contributed by atoms with Crippen molar-refractivity contribution in [1.82, 2.24) is 0 Å². The minimum atomic E-state index is -0.905. The van der Waals surface area contributed by atoms with Crippen molar-refractivity contribution < 1.29 is 24.7 Å². The maximum Gasteiger partial charge on any atom is 0.375 e. The Balaban J connectivity index is 0.000000309. The molecule has 1 atom stereocenters. The maximum absolute atomic E-state index is 11.7. The first-order valence-electron chi connectivity index (χ1n) is 8.21. The predicted octanol–water partition coefficient (Wildman–Crippen LogP) is 4.03. The fourth-order valence-electron chi connectivity index (χ4n) is 2.01. The summed E-state index contributed by atoms with van der Waals surface area (Å²) in [6.45, 7) is 5.24. The summed E-state index contributed by atoms with van der Waals surface area (Å²) >= 11 is 2.92. The third kappa shape index (κ3) is 6.61. The van der Waals surface area contributed by atoms with Gasteiger partial charge >= 0.3 is 5.97 Å². The summed E-state index contributed by atoms with van der Waals surface area (Å²) in [7, 11) is 0. The highest BCUT2D eigenvalue weighted by Gasteiger charge is 2.28. The standard InChI is InChI=1S/C11H13NO4S.C7H9NOS/c1-3-16-11(14)10(13)7(2)9(12-15)8-5-4-6-17-8;1-2-6(8-9)7-4-3-5-10-7/h4-7,15H,3H2,1-2H3;3-5,9H,2H2,1H3/b12-9-;8-6+. The third-order valence-electron chi connectivity index (χ3n) is 3.42. The van der Waals surface area contributed by atoms with Gasteiger partial charge in [-0.2, -0.15) is 0 Å². The van der Waals surface area contributed by atoms with E-state index in [1.165, 1.54) is 18.3 Å². The Morgan fingerprint density at radius 2 is 1.67 bits per heavy atom. The lowest BCUT2D eigenvalue weighted by molar-refractivity contribution is -0.154. The van der Waals surface area contributed by atoms with E-state index in [-0.39, 0.29) is 12.3 Å². The Morgan fingerprint density at radius 1 is 1.07 bits per heavy atom. The molecule has 0 aliphatic heterocycles. The molecule has 2 rings (SSSR count). The maximum atomic E-state index is 11.7. The van der Waals surface area contributed by atoms with E-state index in [0.29, 0.717) is 4.88 Å². The number of hydrogen-bond donors (Lipinski definition) is 2. The van der Waals surface area contributed by atoms with Crippen LogP contribution in [0.3, 0.4) is 0 Å². The van der Waals surface area contributed by atoms with Gasteiger partial charge in [-0.25, -0.2) is 4.79 Å². The van der Waals surface area contributed by atoms with Crippen LogP contribution in [0.4, 0.5) is 0 Å². The molecule has 0 aliphatic carbocycles. The van der Waals surface area contributed by atoms with Gasteiger partial charge in [0.15, 0.2) is 0 Å². The highest BCUT2D eigenvalue weighted by Crippen LogP contribution is 2.17. The third-order valence-corrected chi connectivity index (χ3v) is 5.23. The second-order valence-corrected chi connectivity index (χ2v) is 7.04. The molecule has 1 unspecified atom stereocenters. The van der Waals surface area contributed by atoms with Crippen LogP contribution in [-0.4, -0.2) is 40.2 Å². The van der Waals surface area contributed by atoms with Crippen molar-refractivity contribution >= 4 is 45.8 Å². The summed E-state index contributed by atoms with van der Waals surface area (Å²) in [6, 6.07) is 7.38. The quantitative estimate of drug-likeness (QED) is 0.235. The lowest BCUT2D eigenvalue weighted by Gasteiger charge is -2.09. The van der Waals surface area contributed by atoms with E-state index in [2.05, 4.69) is 15.0 Å². The number of esters is 1. The van der Waals surface area contributed by atoms with Gasteiger partial charge in [0.25, 0.3) is 0 Å². The van der Waals surface area contributed by atoms with Gasteiger partial charge in [0, 0.05) is 0 Å². The molecular weight excluding hydrogens is 388 g/mol. The van der Waals surface area contributed by atoms with Crippen molar-refractivity contribution in [3.63, 3.8) is 0 Å².